The van der Waals surface area contributed by atoms with E-state index in [2.05, 4.69) is 4.90 Å². The summed E-state index contributed by atoms with van der Waals surface area (Å²) in [5.74, 6) is 0.151. The van der Waals surface area contributed by atoms with Crippen molar-refractivity contribution < 1.29 is 4.79 Å². The van der Waals surface area contributed by atoms with E-state index in [0.717, 1.165) is 40.9 Å². The number of para-hydroxylation sites is 1. The maximum atomic E-state index is 11.9. The van der Waals surface area contributed by atoms with Crippen molar-refractivity contribution >= 4 is 34.1 Å². The van der Waals surface area contributed by atoms with Crippen molar-refractivity contribution in [3.63, 3.8) is 0 Å². The van der Waals surface area contributed by atoms with Crippen LogP contribution in [0.25, 0.3) is 22.2 Å². The second kappa shape index (κ2) is 6.37. The van der Waals surface area contributed by atoms with Crippen molar-refractivity contribution in [2.75, 3.05) is 31.6 Å². The van der Waals surface area contributed by atoms with Gasteiger partial charge in [-0.25, -0.2) is 4.98 Å². The smallest absolute Gasteiger partial charge is 0.241 e. The van der Waals surface area contributed by atoms with Gasteiger partial charge in [0.1, 0.15) is 0 Å². The van der Waals surface area contributed by atoms with Crippen molar-refractivity contribution in [1.82, 2.24) is 9.88 Å². The minimum absolute atomic E-state index is 0.151. The Hall–Kier alpha value is -2.59. The average molecular weight is 352 g/mol. The molecule has 126 valence electrons. The molecule has 0 atom stereocenters. The maximum absolute atomic E-state index is 11.9. The number of hydrogen-bond acceptors (Lipinski definition) is 3. The van der Waals surface area contributed by atoms with Gasteiger partial charge in [-0.15, -0.1) is 0 Å². The number of carbonyl (C=O) groups is 1. The second-order valence-corrected chi connectivity index (χ2v) is 6.70. The summed E-state index contributed by atoms with van der Waals surface area (Å²) in [5, 5.41) is 1.66. The molecule has 1 amide bonds. The van der Waals surface area contributed by atoms with E-state index in [1.165, 1.54) is 0 Å². The van der Waals surface area contributed by atoms with Crippen LogP contribution in [0.4, 0.5) is 5.69 Å². The van der Waals surface area contributed by atoms with Crippen molar-refractivity contribution in [2.24, 2.45) is 0 Å². The van der Waals surface area contributed by atoms with Crippen LogP contribution in [0.1, 0.15) is 0 Å². The molecular formula is C20H18ClN3O. The molecule has 4 nitrogen and oxygen atoms in total. The number of benzene rings is 2. The molecule has 0 bridgehead atoms. The zero-order chi connectivity index (χ0) is 17.4. The Morgan fingerprint density at radius 3 is 2.56 bits per heavy atom. The van der Waals surface area contributed by atoms with Gasteiger partial charge in [0.05, 0.1) is 22.8 Å². The predicted octanol–water partition coefficient (Wildman–Crippen LogP) is 3.83. The number of halogens is 1. The Kier molecular flexibility index (Phi) is 4.06. The fraction of sp³-hybridized carbons (Fsp3) is 0.200. The van der Waals surface area contributed by atoms with Crippen LogP contribution in [0.5, 0.6) is 0 Å². The summed E-state index contributed by atoms with van der Waals surface area (Å²) in [6.07, 6.45) is 0. The first kappa shape index (κ1) is 15.9. The van der Waals surface area contributed by atoms with Gasteiger partial charge in [-0.1, -0.05) is 41.9 Å². The highest BCUT2D eigenvalue weighted by Gasteiger charge is 2.21. The maximum Gasteiger partial charge on any atom is 0.241 e. The number of likely N-dealkylation sites (N-methyl/N-ethyl adjacent to an activating group) is 1. The van der Waals surface area contributed by atoms with Crippen molar-refractivity contribution in [3.05, 3.63) is 59.6 Å². The fourth-order valence-electron chi connectivity index (χ4n) is 3.10. The third-order valence-corrected chi connectivity index (χ3v) is 4.96. The number of rotatable bonds is 2. The van der Waals surface area contributed by atoms with Crippen molar-refractivity contribution in [3.8, 4) is 11.3 Å². The Morgan fingerprint density at radius 1 is 1.04 bits per heavy atom. The van der Waals surface area contributed by atoms with Crippen LogP contribution < -0.4 is 4.90 Å². The van der Waals surface area contributed by atoms with Crippen LogP contribution in [-0.4, -0.2) is 42.5 Å². The molecule has 25 heavy (non-hydrogen) atoms. The zero-order valence-electron chi connectivity index (χ0n) is 13.9. The summed E-state index contributed by atoms with van der Waals surface area (Å²) in [4.78, 5) is 20.5. The minimum Gasteiger partial charge on any atom is -0.360 e. The monoisotopic (exact) mass is 351 g/mol. The molecule has 2 heterocycles. The van der Waals surface area contributed by atoms with Crippen LogP contribution in [-0.2, 0) is 4.79 Å². The number of hydrogen-bond donors (Lipinski definition) is 0. The van der Waals surface area contributed by atoms with E-state index in [4.69, 9.17) is 16.6 Å². The van der Waals surface area contributed by atoms with Gasteiger partial charge in [-0.2, -0.15) is 0 Å². The summed E-state index contributed by atoms with van der Waals surface area (Å²) < 4.78 is 0. The molecule has 1 fully saturated rings. The lowest BCUT2D eigenvalue weighted by Gasteiger charge is -2.33. The molecule has 4 rings (SSSR count). The molecule has 0 radical (unpaired) electrons. The molecule has 0 spiro atoms. The van der Waals surface area contributed by atoms with E-state index < -0.39 is 0 Å². The minimum atomic E-state index is 0.151. The zero-order valence-corrected chi connectivity index (χ0v) is 14.7. The van der Waals surface area contributed by atoms with Gasteiger partial charge in [-0.3, -0.25) is 4.79 Å². The number of carbonyl (C=O) groups excluding carboxylic acids is 1. The lowest BCUT2D eigenvalue weighted by Crippen LogP contribution is -2.48. The Balaban J connectivity index is 1.63. The molecule has 2 aromatic carbocycles. The normalized spacial score (nSPS) is 15.0. The summed E-state index contributed by atoms with van der Waals surface area (Å²) in [6.45, 7) is 2.03. The SMILES string of the molecule is CN1CCN(c2ccc(-c3cc(Cl)c4ccccc4n3)cc2)CC1=O. The van der Waals surface area contributed by atoms with Crippen molar-refractivity contribution in [1.29, 1.82) is 0 Å². The Morgan fingerprint density at radius 2 is 1.80 bits per heavy atom. The van der Waals surface area contributed by atoms with Crippen LogP contribution >= 0.6 is 11.6 Å². The highest BCUT2D eigenvalue weighted by molar-refractivity contribution is 6.35. The van der Waals surface area contributed by atoms with E-state index in [1.807, 2.05) is 61.6 Å². The van der Waals surface area contributed by atoms with Gasteiger partial charge in [-0.05, 0) is 24.3 Å². The standard InChI is InChI=1S/C20H18ClN3O/c1-23-10-11-24(13-20(23)25)15-8-6-14(7-9-15)19-12-17(21)16-4-2-3-5-18(16)22-19/h2-9,12H,10-11,13H2,1H3. The molecule has 3 aromatic rings. The van der Waals surface area contributed by atoms with Crippen LogP contribution in [0.15, 0.2) is 54.6 Å². The van der Waals surface area contributed by atoms with Gasteiger partial charge in [0.25, 0.3) is 0 Å². The molecule has 0 unspecified atom stereocenters. The number of piperazine rings is 1. The van der Waals surface area contributed by atoms with E-state index >= 15 is 0 Å². The lowest BCUT2D eigenvalue weighted by molar-refractivity contribution is -0.129. The van der Waals surface area contributed by atoms with Gasteiger partial charge in [0, 0.05) is 36.8 Å². The largest absolute Gasteiger partial charge is 0.360 e. The molecule has 0 aliphatic carbocycles. The lowest BCUT2D eigenvalue weighted by atomic mass is 10.1. The number of amides is 1. The van der Waals surface area contributed by atoms with Gasteiger partial charge < -0.3 is 9.80 Å². The molecule has 1 aliphatic rings. The Labute approximate surface area is 151 Å². The number of anilines is 1. The first-order valence-electron chi connectivity index (χ1n) is 8.26. The second-order valence-electron chi connectivity index (χ2n) is 6.29. The summed E-state index contributed by atoms with van der Waals surface area (Å²) >= 11 is 6.40. The van der Waals surface area contributed by atoms with Gasteiger partial charge in [0.15, 0.2) is 0 Å². The quantitative estimate of drug-likeness (QED) is 0.704. The number of pyridine rings is 1. The highest BCUT2D eigenvalue weighted by Crippen LogP contribution is 2.29. The van der Waals surface area contributed by atoms with E-state index in [0.29, 0.717) is 11.6 Å². The van der Waals surface area contributed by atoms with Gasteiger partial charge >= 0.3 is 0 Å². The molecule has 1 saturated heterocycles. The van der Waals surface area contributed by atoms with Crippen molar-refractivity contribution in [2.45, 2.75) is 0 Å². The van der Waals surface area contributed by atoms with Crippen LogP contribution in [0.2, 0.25) is 5.02 Å². The number of fused-ring (bicyclic) bond motifs is 1. The fourth-order valence-corrected chi connectivity index (χ4v) is 3.37. The summed E-state index contributed by atoms with van der Waals surface area (Å²) in [5.41, 5.74) is 3.80. The van der Waals surface area contributed by atoms with E-state index in [9.17, 15) is 4.79 Å². The average Bonchev–Trinajstić information content (AvgIpc) is 2.64. The van der Waals surface area contributed by atoms with Gasteiger partial charge in [0.2, 0.25) is 5.91 Å². The summed E-state index contributed by atoms with van der Waals surface area (Å²) in [7, 11) is 1.85. The van der Waals surface area contributed by atoms with Crippen LogP contribution in [0, 0.1) is 0 Å². The Bertz CT molecular complexity index is 939. The van der Waals surface area contributed by atoms with Crippen LogP contribution in [0.3, 0.4) is 0 Å². The first-order valence-corrected chi connectivity index (χ1v) is 8.64. The van der Waals surface area contributed by atoms with E-state index in [-0.39, 0.29) is 5.91 Å². The first-order chi connectivity index (χ1) is 12.1. The number of aromatic nitrogens is 1. The third kappa shape index (κ3) is 3.05. The number of nitrogens with zero attached hydrogens (tertiary/aromatic N) is 3. The summed E-state index contributed by atoms with van der Waals surface area (Å²) in [6, 6.07) is 17.9. The highest BCUT2D eigenvalue weighted by atomic mass is 35.5. The molecular weight excluding hydrogens is 334 g/mol. The van der Waals surface area contributed by atoms with E-state index in [1.54, 1.807) is 4.90 Å². The predicted molar refractivity (Wildman–Crippen MR) is 102 cm³/mol. The molecule has 1 aliphatic heterocycles. The molecule has 0 saturated carbocycles. The molecule has 1 aromatic heterocycles. The topological polar surface area (TPSA) is 36.4 Å². The molecule has 0 N–H and O–H groups in total. The third-order valence-electron chi connectivity index (χ3n) is 4.65. The molecule has 5 heteroatoms.